The fourth-order valence-electron chi connectivity index (χ4n) is 2.90. The fraction of sp³-hybridized carbons (Fsp3) is 0.200. The van der Waals surface area contributed by atoms with Gasteiger partial charge in [0.2, 0.25) is 10.0 Å². The summed E-state index contributed by atoms with van der Waals surface area (Å²) in [5.74, 6) is 0. The molecule has 4 rings (SSSR count). The predicted octanol–water partition coefficient (Wildman–Crippen LogP) is 1.42. The van der Waals surface area contributed by atoms with Gasteiger partial charge in [-0.2, -0.15) is 4.31 Å². The van der Waals surface area contributed by atoms with E-state index in [9.17, 15) is 13.2 Å². The zero-order chi connectivity index (χ0) is 16.9. The van der Waals surface area contributed by atoms with Crippen LogP contribution in [0.2, 0.25) is 5.02 Å². The van der Waals surface area contributed by atoms with Gasteiger partial charge in [0, 0.05) is 24.4 Å². The number of fused-ring (bicyclic) bond motifs is 2. The molecule has 1 N–H and O–H groups in total. The number of benzene rings is 1. The molecule has 1 aliphatic heterocycles. The predicted molar refractivity (Wildman–Crippen MR) is 88.6 cm³/mol. The molecule has 24 heavy (non-hydrogen) atoms. The molecule has 0 unspecified atom stereocenters. The number of nitrogens with one attached hydrogen (secondary N) is 1. The molecule has 0 radical (unpaired) electrons. The molecule has 7 nitrogen and oxygen atoms in total. The maximum absolute atomic E-state index is 12.8. The Hall–Kier alpha value is -2.16. The lowest BCUT2D eigenvalue weighted by atomic mass is 10.1. The number of H-pyrrole nitrogens is 1. The monoisotopic (exact) mass is 364 g/mol. The summed E-state index contributed by atoms with van der Waals surface area (Å²) in [6, 6.07) is 8.00. The van der Waals surface area contributed by atoms with Gasteiger partial charge < -0.3 is 0 Å². The summed E-state index contributed by atoms with van der Waals surface area (Å²) >= 11 is 6.04. The molecule has 3 heterocycles. The second-order valence-corrected chi connectivity index (χ2v) is 7.83. The number of halogens is 1. The molecular formula is C15H13ClN4O3S. The van der Waals surface area contributed by atoms with Crippen molar-refractivity contribution in [3.63, 3.8) is 0 Å². The third-order valence-electron chi connectivity index (χ3n) is 4.12. The maximum Gasteiger partial charge on any atom is 0.276 e. The Kier molecular flexibility index (Phi) is 3.48. The van der Waals surface area contributed by atoms with Crippen molar-refractivity contribution in [1.29, 1.82) is 0 Å². The Labute approximate surface area is 142 Å². The summed E-state index contributed by atoms with van der Waals surface area (Å²) in [7, 11) is -3.74. The second-order valence-electron chi connectivity index (χ2n) is 5.52. The van der Waals surface area contributed by atoms with Crippen LogP contribution in [0, 0.1) is 0 Å². The van der Waals surface area contributed by atoms with E-state index < -0.39 is 10.0 Å². The molecule has 9 heteroatoms. The largest absolute Gasteiger partial charge is 0.297 e. The van der Waals surface area contributed by atoms with Crippen LogP contribution in [0.15, 0.2) is 46.2 Å². The molecule has 0 saturated carbocycles. The number of aromatic amines is 1. The summed E-state index contributed by atoms with van der Waals surface area (Å²) in [6.45, 7) is 0.268. The summed E-state index contributed by atoms with van der Waals surface area (Å²) in [6.07, 6.45) is 1.93. The van der Waals surface area contributed by atoms with E-state index in [0.717, 1.165) is 0 Å². The summed E-state index contributed by atoms with van der Waals surface area (Å²) in [5, 5.41) is 2.98. The molecule has 0 fully saturated rings. The molecule has 0 amide bonds. The first-order valence-electron chi connectivity index (χ1n) is 7.31. The summed E-state index contributed by atoms with van der Waals surface area (Å²) < 4.78 is 28.4. The van der Waals surface area contributed by atoms with E-state index >= 15 is 0 Å². The molecule has 1 aromatic carbocycles. The average Bonchev–Trinajstić information content (AvgIpc) is 3.03. The van der Waals surface area contributed by atoms with Gasteiger partial charge in [0.1, 0.15) is 4.90 Å². The van der Waals surface area contributed by atoms with Crippen LogP contribution in [0.5, 0.6) is 0 Å². The number of aromatic nitrogens is 3. The van der Waals surface area contributed by atoms with Crippen molar-refractivity contribution >= 4 is 27.3 Å². The topological polar surface area (TPSA) is 87.5 Å². The van der Waals surface area contributed by atoms with Crippen LogP contribution >= 0.6 is 11.6 Å². The van der Waals surface area contributed by atoms with Crippen LogP contribution in [0.4, 0.5) is 0 Å². The van der Waals surface area contributed by atoms with Crippen LogP contribution in [-0.4, -0.2) is 33.9 Å². The Morgan fingerprint density at radius 3 is 2.79 bits per heavy atom. The lowest BCUT2D eigenvalue weighted by Crippen LogP contribution is -2.39. The van der Waals surface area contributed by atoms with Crippen LogP contribution in [0.1, 0.15) is 11.3 Å². The third kappa shape index (κ3) is 2.26. The van der Waals surface area contributed by atoms with Crippen molar-refractivity contribution in [2.75, 3.05) is 6.54 Å². The van der Waals surface area contributed by atoms with Gasteiger partial charge in [-0.15, -0.1) is 0 Å². The van der Waals surface area contributed by atoms with E-state index in [2.05, 4.69) is 10.1 Å². The minimum Gasteiger partial charge on any atom is -0.297 e. The standard InChI is InChI=1S/C15H13ClN4O3S/c16-11-3-1-2-4-13(11)24(22,23)19-8-6-10-12(9-19)18-14-5-7-17-20(14)15(10)21/h1-5,7,17H,6,8-9H2. The van der Waals surface area contributed by atoms with E-state index in [1.807, 2.05) is 0 Å². The average molecular weight is 365 g/mol. The van der Waals surface area contributed by atoms with Crippen molar-refractivity contribution in [3.05, 3.63) is 63.2 Å². The van der Waals surface area contributed by atoms with Crippen molar-refractivity contribution < 1.29 is 8.42 Å². The summed E-state index contributed by atoms with van der Waals surface area (Å²) in [4.78, 5) is 16.9. The van der Waals surface area contributed by atoms with Gasteiger partial charge in [0.25, 0.3) is 5.56 Å². The highest BCUT2D eigenvalue weighted by Gasteiger charge is 2.32. The first-order chi connectivity index (χ1) is 11.5. The van der Waals surface area contributed by atoms with E-state index in [0.29, 0.717) is 23.3 Å². The minimum absolute atomic E-state index is 0.0554. The number of hydrogen-bond acceptors (Lipinski definition) is 4. The molecule has 0 atom stereocenters. The number of hydrogen-bond donors (Lipinski definition) is 1. The first-order valence-corrected chi connectivity index (χ1v) is 9.13. The molecule has 3 aromatic rings. The third-order valence-corrected chi connectivity index (χ3v) is 6.46. The van der Waals surface area contributed by atoms with E-state index in [1.165, 1.54) is 14.9 Å². The minimum atomic E-state index is -3.74. The molecule has 124 valence electrons. The Morgan fingerprint density at radius 1 is 1.21 bits per heavy atom. The molecular weight excluding hydrogens is 352 g/mol. The lowest BCUT2D eigenvalue weighted by molar-refractivity contribution is 0.383. The zero-order valence-corrected chi connectivity index (χ0v) is 14.0. The SMILES string of the molecule is O=c1c2c(nc3cc[nH]n13)CN(S(=O)(=O)c1ccccc1Cl)CC2. The van der Waals surface area contributed by atoms with E-state index in [-0.39, 0.29) is 28.6 Å². The van der Waals surface area contributed by atoms with Gasteiger partial charge in [-0.05, 0) is 18.6 Å². The molecule has 0 spiro atoms. The molecule has 0 saturated heterocycles. The molecule has 0 aliphatic carbocycles. The quantitative estimate of drug-likeness (QED) is 0.745. The Morgan fingerprint density at radius 2 is 2.00 bits per heavy atom. The Balaban J connectivity index is 1.78. The van der Waals surface area contributed by atoms with Crippen molar-refractivity contribution in [2.24, 2.45) is 0 Å². The molecule has 2 aromatic heterocycles. The van der Waals surface area contributed by atoms with Crippen LogP contribution in [0.3, 0.4) is 0 Å². The van der Waals surface area contributed by atoms with Crippen LogP contribution in [-0.2, 0) is 23.0 Å². The summed E-state index contributed by atoms with van der Waals surface area (Å²) in [5.41, 5.74) is 1.31. The molecule has 0 bridgehead atoms. The Bertz CT molecular complexity index is 1100. The molecule has 1 aliphatic rings. The highest BCUT2D eigenvalue weighted by molar-refractivity contribution is 7.89. The first kappa shape index (κ1) is 15.4. The van der Waals surface area contributed by atoms with Crippen molar-refractivity contribution in [2.45, 2.75) is 17.9 Å². The zero-order valence-electron chi connectivity index (χ0n) is 12.4. The van der Waals surface area contributed by atoms with E-state index in [1.54, 1.807) is 30.5 Å². The highest BCUT2D eigenvalue weighted by Crippen LogP contribution is 2.27. The van der Waals surface area contributed by atoms with Crippen LogP contribution in [0.25, 0.3) is 5.65 Å². The fourth-order valence-corrected chi connectivity index (χ4v) is 4.80. The number of sulfonamides is 1. The smallest absolute Gasteiger partial charge is 0.276 e. The van der Waals surface area contributed by atoms with Gasteiger partial charge in [-0.1, -0.05) is 23.7 Å². The number of nitrogens with zero attached hydrogens (tertiary/aromatic N) is 3. The lowest BCUT2D eigenvalue weighted by Gasteiger charge is -2.27. The van der Waals surface area contributed by atoms with E-state index in [4.69, 9.17) is 11.6 Å². The van der Waals surface area contributed by atoms with Gasteiger partial charge in [-0.25, -0.2) is 17.9 Å². The van der Waals surface area contributed by atoms with Gasteiger partial charge in [0.05, 0.1) is 17.3 Å². The van der Waals surface area contributed by atoms with Gasteiger partial charge >= 0.3 is 0 Å². The van der Waals surface area contributed by atoms with Gasteiger partial charge in [0.15, 0.2) is 5.65 Å². The number of rotatable bonds is 2. The van der Waals surface area contributed by atoms with Crippen molar-refractivity contribution in [1.82, 2.24) is 18.9 Å². The second kappa shape index (κ2) is 5.44. The normalized spacial score (nSPS) is 15.5. The highest BCUT2D eigenvalue weighted by atomic mass is 35.5. The van der Waals surface area contributed by atoms with Crippen LogP contribution < -0.4 is 5.56 Å². The maximum atomic E-state index is 12.8. The van der Waals surface area contributed by atoms with Crippen molar-refractivity contribution in [3.8, 4) is 0 Å². The van der Waals surface area contributed by atoms with Gasteiger partial charge in [-0.3, -0.25) is 9.89 Å².